The SMILES string of the molecule is O=C(COC(=O)c1n[nH]c2ccccc12)NCCc1ccc(F)cc1. The zero-order valence-corrected chi connectivity index (χ0v) is 13.3. The van der Waals surface area contributed by atoms with E-state index in [-0.39, 0.29) is 18.1 Å². The number of esters is 1. The molecule has 0 aliphatic rings. The standard InChI is InChI=1S/C18H16FN3O3/c19-13-7-5-12(6-8-13)9-10-20-16(23)11-25-18(24)17-14-3-1-2-4-15(14)21-22-17/h1-8H,9-11H2,(H,20,23)(H,21,22). The average Bonchev–Trinajstić information content (AvgIpc) is 3.05. The lowest BCUT2D eigenvalue weighted by molar-refractivity contribution is -0.124. The normalized spacial score (nSPS) is 10.6. The van der Waals surface area contributed by atoms with Gasteiger partial charge in [-0.1, -0.05) is 30.3 Å². The first-order valence-electron chi connectivity index (χ1n) is 7.75. The number of nitrogens with zero attached hydrogens (tertiary/aromatic N) is 1. The van der Waals surface area contributed by atoms with Crippen LogP contribution in [0.15, 0.2) is 48.5 Å². The third-order valence-electron chi connectivity index (χ3n) is 3.65. The second-order valence-corrected chi connectivity index (χ2v) is 5.42. The van der Waals surface area contributed by atoms with E-state index in [0.717, 1.165) is 11.1 Å². The molecule has 1 aromatic heterocycles. The molecule has 3 rings (SSSR count). The molecule has 2 N–H and O–H groups in total. The fourth-order valence-electron chi connectivity index (χ4n) is 2.37. The Morgan fingerprint density at radius 1 is 1.12 bits per heavy atom. The van der Waals surface area contributed by atoms with Gasteiger partial charge in [-0.25, -0.2) is 9.18 Å². The number of halogens is 1. The highest BCUT2D eigenvalue weighted by molar-refractivity contribution is 6.02. The smallest absolute Gasteiger partial charge is 0.359 e. The summed E-state index contributed by atoms with van der Waals surface area (Å²) in [6.07, 6.45) is 0.559. The molecule has 2 aromatic carbocycles. The summed E-state index contributed by atoms with van der Waals surface area (Å²) >= 11 is 0. The number of fused-ring (bicyclic) bond motifs is 1. The molecule has 0 saturated heterocycles. The van der Waals surface area contributed by atoms with Gasteiger partial charge < -0.3 is 10.1 Å². The number of aromatic nitrogens is 2. The summed E-state index contributed by atoms with van der Waals surface area (Å²) in [6, 6.07) is 13.2. The van der Waals surface area contributed by atoms with Gasteiger partial charge in [0.15, 0.2) is 12.3 Å². The van der Waals surface area contributed by atoms with E-state index in [1.165, 1.54) is 12.1 Å². The van der Waals surface area contributed by atoms with E-state index in [1.807, 2.05) is 6.07 Å². The van der Waals surface area contributed by atoms with Gasteiger partial charge in [0.1, 0.15) is 5.82 Å². The molecule has 25 heavy (non-hydrogen) atoms. The number of H-pyrrole nitrogens is 1. The number of carbonyl (C=O) groups is 2. The first kappa shape index (κ1) is 16.6. The van der Waals surface area contributed by atoms with Crippen molar-refractivity contribution in [2.75, 3.05) is 13.2 Å². The third kappa shape index (κ3) is 4.20. The van der Waals surface area contributed by atoms with Crippen LogP contribution in [0.5, 0.6) is 0 Å². The molecule has 0 bridgehead atoms. The van der Waals surface area contributed by atoms with Crippen LogP contribution in [0.3, 0.4) is 0 Å². The quantitative estimate of drug-likeness (QED) is 0.673. The van der Waals surface area contributed by atoms with E-state index in [2.05, 4.69) is 15.5 Å². The Morgan fingerprint density at radius 3 is 2.68 bits per heavy atom. The number of para-hydroxylation sites is 1. The van der Waals surface area contributed by atoms with E-state index < -0.39 is 11.9 Å². The van der Waals surface area contributed by atoms with Crippen LogP contribution in [0.2, 0.25) is 0 Å². The van der Waals surface area contributed by atoms with Gasteiger partial charge in [0.25, 0.3) is 5.91 Å². The van der Waals surface area contributed by atoms with Crippen molar-refractivity contribution < 1.29 is 18.7 Å². The van der Waals surface area contributed by atoms with Gasteiger partial charge in [0.05, 0.1) is 5.52 Å². The molecule has 0 atom stereocenters. The second-order valence-electron chi connectivity index (χ2n) is 5.42. The van der Waals surface area contributed by atoms with Crippen molar-refractivity contribution in [3.05, 3.63) is 65.6 Å². The summed E-state index contributed by atoms with van der Waals surface area (Å²) in [7, 11) is 0. The lowest BCUT2D eigenvalue weighted by Crippen LogP contribution is -2.30. The van der Waals surface area contributed by atoms with E-state index >= 15 is 0 Å². The topological polar surface area (TPSA) is 84.1 Å². The zero-order chi connectivity index (χ0) is 17.6. The maximum atomic E-state index is 12.8. The number of carbonyl (C=O) groups excluding carboxylic acids is 2. The Hall–Kier alpha value is -3.22. The highest BCUT2D eigenvalue weighted by Crippen LogP contribution is 2.15. The molecule has 0 unspecified atom stereocenters. The van der Waals surface area contributed by atoms with Crippen molar-refractivity contribution in [1.29, 1.82) is 0 Å². The van der Waals surface area contributed by atoms with E-state index in [9.17, 15) is 14.0 Å². The van der Waals surface area contributed by atoms with Gasteiger partial charge in [-0.05, 0) is 30.2 Å². The number of rotatable bonds is 6. The molecule has 1 amide bonds. The maximum Gasteiger partial charge on any atom is 0.359 e. The summed E-state index contributed by atoms with van der Waals surface area (Å²) < 4.78 is 17.8. The largest absolute Gasteiger partial charge is 0.451 e. The minimum atomic E-state index is -0.661. The second kappa shape index (κ2) is 7.57. The molecule has 0 spiro atoms. The summed E-state index contributed by atoms with van der Waals surface area (Å²) in [6.45, 7) is -0.0171. The molecule has 1 heterocycles. The Morgan fingerprint density at radius 2 is 1.88 bits per heavy atom. The molecule has 0 radical (unpaired) electrons. The zero-order valence-electron chi connectivity index (χ0n) is 13.3. The van der Waals surface area contributed by atoms with Crippen LogP contribution < -0.4 is 5.32 Å². The molecular formula is C18H16FN3O3. The van der Waals surface area contributed by atoms with Crippen LogP contribution in [0.4, 0.5) is 4.39 Å². The summed E-state index contributed by atoms with van der Waals surface area (Å²) in [5.74, 6) is -1.37. The van der Waals surface area contributed by atoms with Crippen molar-refractivity contribution in [3.63, 3.8) is 0 Å². The predicted molar refractivity (Wildman–Crippen MR) is 89.5 cm³/mol. The number of hydrogen-bond acceptors (Lipinski definition) is 4. The van der Waals surface area contributed by atoms with Crippen LogP contribution in [0.25, 0.3) is 10.9 Å². The van der Waals surface area contributed by atoms with Crippen LogP contribution in [-0.2, 0) is 16.0 Å². The number of nitrogens with one attached hydrogen (secondary N) is 2. The van der Waals surface area contributed by atoms with Crippen molar-refractivity contribution >= 4 is 22.8 Å². The lowest BCUT2D eigenvalue weighted by Gasteiger charge is -2.06. The van der Waals surface area contributed by atoms with Gasteiger partial charge in [0, 0.05) is 11.9 Å². The molecule has 6 nitrogen and oxygen atoms in total. The minimum Gasteiger partial charge on any atom is -0.451 e. The van der Waals surface area contributed by atoms with Crippen molar-refractivity contribution in [2.24, 2.45) is 0 Å². The van der Waals surface area contributed by atoms with Gasteiger partial charge in [-0.3, -0.25) is 9.89 Å². The average molecular weight is 341 g/mol. The maximum absolute atomic E-state index is 12.8. The van der Waals surface area contributed by atoms with Gasteiger partial charge in [-0.2, -0.15) is 5.10 Å². The molecule has 3 aromatic rings. The van der Waals surface area contributed by atoms with Crippen LogP contribution >= 0.6 is 0 Å². The number of amides is 1. The van der Waals surface area contributed by atoms with E-state index in [4.69, 9.17) is 4.74 Å². The Bertz CT molecular complexity index is 890. The predicted octanol–water partition coefficient (Wildman–Crippen LogP) is 2.22. The van der Waals surface area contributed by atoms with Gasteiger partial charge >= 0.3 is 5.97 Å². The minimum absolute atomic E-state index is 0.148. The third-order valence-corrected chi connectivity index (χ3v) is 3.65. The lowest BCUT2D eigenvalue weighted by atomic mass is 10.1. The first-order chi connectivity index (χ1) is 12.1. The summed E-state index contributed by atoms with van der Waals surface area (Å²) in [5, 5.41) is 9.94. The van der Waals surface area contributed by atoms with Gasteiger partial charge in [0.2, 0.25) is 0 Å². The van der Waals surface area contributed by atoms with Crippen LogP contribution in [-0.4, -0.2) is 35.2 Å². The Labute approximate surface area is 143 Å². The highest BCUT2D eigenvalue weighted by atomic mass is 19.1. The van der Waals surface area contributed by atoms with Crippen molar-refractivity contribution in [3.8, 4) is 0 Å². The van der Waals surface area contributed by atoms with Gasteiger partial charge in [-0.15, -0.1) is 0 Å². The molecule has 0 aliphatic carbocycles. The molecule has 7 heteroatoms. The fourth-order valence-corrected chi connectivity index (χ4v) is 2.37. The Kier molecular flexibility index (Phi) is 5.03. The molecule has 0 fully saturated rings. The number of ether oxygens (including phenoxy) is 1. The summed E-state index contributed by atoms with van der Waals surface area (Å²) in [5.41, 5.74) is 1.77. The summed E-state index contributed by atoms with van der Waals surface area (Å²) in [4.78, 5) is 23.8. The molecule has 0 aliphatic heterocycles. The van der Waals surface area contributed by atoms with Crippen molar-refractivity contribution in [1.82, 2.24) is 15.5 Å². The molecular weight excluding hydrogens is 325 g/mol. The molecule has 0 saturated carbocycles. The number of hydrogen-bond donors (Lipinski definition) is 2. The van der Waals surface area contributed by atoms with Crippen LogP contribution in [0, 0.1) is 5.82 Å². The van der Waals surface area contributed by atoms with Crippen molar-refractivity contribution in [2.45, 2.75) is 6.42 Å². The first-order valence-corrected chi connectivity index (χ1v) is 7.75. The highest BCUT2D eigenvalue weighted by Gasteiger charge is 2.16. The number of benzene rings is 2. The fraction of sp³-hybridized carbons (Fsp3) is 0.167. The monoisotopic (exact) mass is 341 g/mol. The Balaban J connectivity index is 1.45. The number of aromatic amines is 1. The molecule has 128 valence electrons. The van der Waals surface area contributed by atoms with E-state index in [1.54, 1.807) is 30.3 Å². The van der Waals surface area contributed by atoms with E-state index in [0.29, 0.717) is 18.4 Å². The van der Waals surface area contributed by atoms with Crippen LogP contribution in [0.1, 0.15) is 16.1 Å².